The fraction of sp³-hybridized carbons (Fsp3) is 1.00. The summed E-state index contributed by atoms with van der Waals surface area (Å²) in [5.74, 6) is 2.35. The van der Waals surface area contributed by atoms with E-state index in [0.29, 0.717) is 0 Å². The van der Waals surface area contributed by atoms with Crippen LogP contribution in [0.4, 0.5) is 0 Å². The van der Waals surface area contributed by atoms with Gasteiger partial charge in [0.25, 0.3) is 0 Å². The van der Waals surface area contributed by atoms with Crippen molar-refractivity contribution in [1.29, 1.82) is 0 Å². The molecule has 2 rings (SSSR count). The van der Waals surface area contributed by atoms with E-state index in [1.165, 1.54) is 50.4 Å². The summed E-state index contributed by atoms with van der Waals surface area (Å²) in [6.45, 7) is 0. The standard InChI is InChI=1S/C11H20/c1-2-4-6-8-11-9-10(11)7-5-3-1/h10-11H,1-9H2/t10-,11+. The van der Waals surface area contributed by atoms with Gasteiger partial charge >= 0.3 is 0 Å². The smallest absolute Gasteiger partial charge is 0.0383 e. The maximum Gasteiger partial charge on any atom is -0.0383 e. The molecule has 0 heterocycles. The normalized spacial score (nSPS) is 39.3. The molecule has 11 heavy (non-hydrogen) atoms. The minimum atomic E-state index is 1.17. The average molecular weight is 152 g/mol. The second-order valence-electron chi connectivity index (χ2n) is 4.45. The summed E-state index contributed by atoms with van der Waals surface area (Å²) in [5.41, 5.74) is 0. The highest BCUT2D eigenvalue weighted by Gasteiger charge is 2.35. The molecule has 0 aromatic carbocycles. The van der Waals surface area contributed by atoms with Crippen LogP contribution in [0, 0.1) is 11.8 Å². The Bertz CT molecular complexity index is 103. The van der Waals surface area contributed by atoms with Crippen molar-refractivity contribution in [3.63, 3.8) is 0 Å². The topological polar surface area (TPSA) is 0 Å². The van der Waals surface area contributed by atoms with E-state index >= 15 is 0 Å². The van der Waals surface area contributed by atoms with Gasteiger partial charge in [-0.1, -0.05) is 51.4 Å². The molecule has 2 fully saturated rings. The van der Waals surface area contributed by atoms with E-state index in [4.69, 9.17) is 0 Å². The molecule has 0 nitrogen and oxygen atoms in total. The summed E-state index contributed by atoms with van der Waals surface area (Å²) in [5, 5.41) is 0. The Morgan fingerprint density at radius 2 is 1.00 bits per heavy atom. The van der Waals surface area contributed by atoms with Crippen LogP contribution in [0.5, 0.6) is 0 Å². The molecular weight excluding hydrogens is 132 g/mol. The van der Waals surface area contributed by atoms with Crippen LogP contribution in [0.3, 0.4) is 0 Å². The lowest BCUT2D eigenvalue weighted by molar-refractivity contribution is 0.489. The Morgan fingerprint density at radius 3 is 1.55 bits per heavy atom. The zero-order valence-electron chi connectivity index (χ0n) is 7.52. The Morgan fingerprint density at radius 1 is 0.545 bits per heavy atom. The Hall–Kier alpha value is 0. The largest absolute Gasteiger partial charge is 0.0533 e. The van der Waals surface area contributed by atoms with Gasteiger partial charge < -0.3 is 0 Å². The van der Waals surface area contributed by atoms with Gasteiger partial charge in [0, 0.05) is 0 Å². The molecule has 0 aliphatic heterocycles. The Labute approximate surface area is 70.4 Å². The number of fused-ring (bicyclic) bond motifs is 1. The van der Waals surface area contributed by atoms with Gasteiger partial charge in [-0.2, -0.15) is 0 Å². The highest BCUT2D eigenvalue weighted by molar-refractivity contribution is 4.85. The first-order valence-corrected chi connectivity index (χ1v) is 5.47. The first kappa shape index (κ1) is 7.64. The van der Waals surface area contributed by atoms with Gasteiger partial charge in [-0.15, -0.1) is 0 Å². The van der Waals surface area contributed by atoms with Crippen molar-refractivity contribution < 1.29 is 0 Å². The Balaban J connectivity index is 1.72. The van der Waals surface area contributed by atoms with Gasteiger partial charge in [0.05, 0.1) is 0 Å². The monoisotopic (exact) mass is 152 g/mol. The van der Waals surface area contributed by atoms with Crippen LogP contribution in [0.15, 0.2) is 0 Å². The highest BCUT2D eigenvalue weighted by Crippen LogP contribution is 2.46. The number of rotatable bonds is 0. The lowest BCUT2D eigenvalue weighted by atomic mass is 10.0. The van der Waals surface area contributed by atoms with Gasteiger partial charge in [0.1, 0.15) is 0 Å². The maximum absolute atomic E-state index is 1.58. The molecule has 0 N–H and O–H groups in total. The SMILES string of the molecule is C1CCCC[C@H]2C[C@H]2CCC1. The second-order valence-corrected chi connectivity index (χ2v) is 4.45. The van der Waals surface area contributed by atoms with Crippen LogP contribution in [0.1, 0.15) is 57.8 Å². The maximum atomic E-state index is 1.58. The van der Waals surface area contributed by atoms with E-state index in [9.17, 15) is 0 Å². The van der Waals surface area contributed by atoms with Crippen LogP contribution in [-0.4, -0.2) is 0 Å². The minimum absolute atomic E-state index is 1.17. The molecule has 0 spiro atoms. The van der Waals surface area contributed by atoms with Crippen molar-refractivity contribution in [2.24, 2.45) is 11.8 Å². The predicted octanol–water partition coefficient (Wildman–Crippen LogP) is 3.76. The van der Waals surface area contributed by atoms with Crippen molar-refractivity contribution in [2.75, 3.05) is 0 Å². The third kappa shape index (κ3) is 2.21. The van der Waals surface area contributed by atoms with Gasteiger partial charge in [0.2, 0.25) is 0 Å². The van der Waals surface area contributed by atoms with E-state index in [0.717, 1.165) is 0 Å². The van der Waals surface area contributed by atoms with Crippen molar-refractivity contribution in [1.82, 2.24) is 0 Å². The predicted molar refractivity (Wildman–Crippen MR) is 48.5 cm³/mol. The lowest BCUT2D eigenvalue weighted by Gasteiger charge is -2.05. The van der Waals surface area contributed by atoms with Crippen LogP contribution in [-0.2, 0) is 0 Å². The fourth-order valence-corrected chi connectivity index (χ4v) is 2.54. The van der Waals surface area contributed by atoms with Crippen molar-refractivity contribution in [3.05, 3.63) is 0 Å². The minimum Gasteiger partial charge on any atom is -0.0533 e. The number of hydrogen-bond donors (Lipinski definition) is 0. The van der Waals surface area contributed by atoms with E-state index in [2.05, 4.69) is 0 Å². The van der Waals surface area contributed by atoms with Gasteiger partial charge in [0.15, 0.2) is 0 Å². The second kappa shape index (κ2) is 3.60. The fourth-order valence-electron chi connectivity index (χ4n) is 2.54. The average Bonchev–Trinajstić information content (AvgIpc) is 2.76. The molecule has 64 valence electrons. The zero-order valence-corrected chi connectivity index (χ0v) is 7.52. The van der Waals surface area contributed by atoms with E-state index in [1.807, 2.05) is 0 Å². The van der Waals surface area contributed by atoms with Crippen LogP contribution in [0.2, 0.25) is 0 Å². The molecule has 2 atom stereocenters. The zero-order chi connectivity index (χ0) is 7.52. The first-order valence-electron chi connectivity index (χ1n) is 5.47. The van der Waals surface area contributed by atoms with Crippen LogP contribution >= 0.6 is 0 Å². The summed E-state index contributed by atoms with van der Waals surface area (Å²) in [6.07, 6.45) is 13.8. The molecule has 0 bridgehead atoms. The van der Waals surface area contributed by atoms with Crippen molar-refractivity contribution in [2.45, 2.75) is 57.8 Å². The molecule has 2 aliphatic carbocycles. The summed E-state index contributed by atoms with van der Waals surface area (Å²) in [4.78, 5) is 0. The van der Waals surface area contributed by atoms with Gasteiger partial charge in [-0.25, -0.2) is 0 Å². The van der Waals surface area contributed by atoms with Gasteiger partial charge in [-0.05, 0) is 18.3 Å². The third-order valence-electron chi connectivity index (χ3n) is 3.47. The van der Waals surface area contributed by atoms with Gasteiger partial charge in [-0.3, -0.25) is 0 Å². The first-order chi connectivity index (χ1) is 5.47. The van der Waals surface area contributed by atoms with Crippen LogP contribution < -0.4 is 0 Å². The Kier molecular flexibility index (Phi) is 2.50. The van der Waals surface area contributed by atoms with E-state index in [-0.39, 0.29) is 0 Å². The molecule has 0 saturated heterocycles. The molecular formula is C11H20. The summed E-state index contributed by atoms with van der Waals surface area (Å²) in [7, 11) is 0. The lowest BCUT2D eigenvalue weighted by Crippen LogP contribution is -1.89. The molecule has 0 heteroatoms. The number of hydrogen-bond acceptors (Lipinski definition) is 0. The molecule has 0 radical (unpaired) electrons. The van der Waals surface area contributed by atoms with E-state index in [1.54, 1.807) is 19.3 Å². The molecule has 2 aliphatic rings. The molecule has 0 amide bonds. The molecule has 0 aromatic rings. The summed E-state index contributed by atoms with van der Waals surface area (Å²) >= 11 is 0. The van der Waals surface area contributed by atoms with Crippen LogP contribution in [0.25, 0.3) is 0 Å². The molecule has 0 aromatic heterocycles. The van der Waals surface area contributed by atoms with E-state index < -0.39 is 0 Å². The summed E-state index contributed by atoms with van der Waals surface area (Å²) in [6, 6.07) is 0. The molecule has 2 saturated carbocycles. The highest BCUT2D eigenvalue weighted by atomic mass is 14.4. The third-order valence-corrected chi connectivity index (χ3v) is 3.47. The van der Waals surface area contributed by atoms with Crippen molar-refractivity contribution in [3.8, 4) is 0 Å². The molecule has 0 unspecified atom stereocenters. The quantitative estimate of drug-likeness (QED) is 0.496. The van der Waals surface area contributed by atoms with Crippen molar-refractivity contribution >= 4 is 0 Å². The summed E-state index contributed by atoms with van der Waals surface area (Å²) < 4.78 is 0.